The molecule has 0 aromatic heterocycles. The van der Waals surface area contributed by atoms with E-state index in [0.29, 0.717) is 25.9 Å². The molecule has 3 N–H and O–H groups in total. The van der Waals surface area contributed by atoms with Crippen molar-refractivity contribution in [2.45, 2.75) is 53.9 Å². The standard InChI is InChI=1S/C16H25N3O4S2/c17-13-16(9-3-4-10-16)18-24(20,21)14-7-1-2-8-15(14)25(22,23)19-11-5-6-12-19/h1-2,7-8,18H,3-6,9-13,17H2. The summed E-state index contributed by atoms with van der Waals surface area (Å²) in [6, 6.07) is 5.81. The molecule has 1 aliphatic carbocycles. The Kier molecular flexibility index (Phi) is 5.23. The van der Waals surface area contributed by atoms with Gasteiger partial charge in [0.2, 0.25) is 20.0 Å². The maximum absolute atomic E-state index is 13.0. The van der Waals surface area contributed by atoms with Crippen LogP contribution in [0.2, 0.25) is 0 Å². The summed E-state index contributed by atoms with van der Waals surface area (Å²) < 4.78 is 55.8. The van der Waals surface area contributed by atoms with Crippen LogP contribution in [0.15, 0.2) is 34.1 Å². The van der Waals surface area contributed by atoms with Crippen molar-refractivity contribution in [1.82, 2.24) is 9.03 Å². The molecule has 1 aromatic rings. The summed E-state index contributed by atoms with van der Waals surface area (Å²) in [6.45, 7) is 1.06. The number of hydrogen-bond donors (Lipinski definition) is 2. The highest BCUT2D eigenvalue weighted by Crippen LogP contribution is 2.32. The van der Waals surface area contributed by atoms with Gasteiger partial charge < -0.3 is 5.73 Å². The fourth-order valence-corrected chi connectivity index (χ4v) is 7.49. The van der Waals surface area contributed by atoms with Crippen LogP contribution < -0.4 is 10.5 Å². The van der Waals surface area contributed by atoms with Gasteiger partial charge in [-0.2, -0.15) is 4.31 Å². The zero-order chi connectivity index (χ0) is 18.1. The number of nitrogens with two attached hydrogens (primary N) is 1. The van der Waals surface area contributed by atoms with Gasteiger partial charge in [-0.05, 0) is 37.8 Å². The molecule has 9 heteroatoms. The van der Waals surface area contributed by atoms with Crippen molar-refractivity contribution in [3.8, 4) is 0 Å². The molecule has 2 fully saturated rings. The summed E-state index contributed by atoms with van der Waals surface area (Å²) in [4.78, 5) is -0.351. The van der Waals surface area contributed by atoms with Crippen molar-refractivity contribution >= 4 is 20.0 Å². The normalized spacial score (nSPS) is 21.6. The van der Waals surface area contributed by atoms with Crippen LogP contribution in [0.4, 0.5) is 0 Å². The van der Waals surface area contributed by atoms with Gasteiger partial charge in [0.05, 0.1) is 0 Å². The van der Waals surface area contributed by atoms with E-state index in [-0.39, 0.29) is 16.3 Å². The lowest BCUT2D eigenvalue weighted by Crippen LogP contribution is -2.51. The van der Waals surface area contributed by atoms with Crippen molar-refractivity contribution in [2.75, 3.05) is 19.6 Å². The van der Waals surface area contributed by atoms with Gasteiger partial charge in [-0.25, -0.2) is 21.6 Å². The van der Waals surface area contributed by atoms with Gasteiger partial charge >= 0.3 is 0 Å². The van der Waals surface area contributed by atoms with Gasteiger partial charge in [0.1, 0.15) is 9.79 Å². The predicted octanol–water partition coefficient (Wildman–Crippen LogP) is 1.02. The van der Waals surface area contributed by atoms with Crippen LogP contribution in [0.25, 0.3) is 0 Å². The molecular formula is C16H25N3O4S2. The number of nitrogens with zero attached hydrogens (tertiary/aromatic N) is 1. The average molecular weight is 388 g/mol. The van der Waals surface area contributed by atoms with Crippen LogP contribution in [-0.4, -0.2) is 46.3 Å². The second kappa shape index (κ2) is 6.96. The van der Waals surface area contributed by atoms with Gasteiger partial charge in [-0.3, -0.25) is 0 Å². The van der Waals surface area contributed by atoms with Crippen LogP contribution in [-0.2, 0) is 20.0 Å². The van der Waals surface area contributed by atoms with Gasteiger partial charge in [-0.15, -0.1) is 0 Å². The van der Waals surface area contributed by atoms with Crippen LogP contribution in [0.5, 0.6) is 0 Å². The van der Waals surface area contributed by atoms with Gasteiger partial charge in [-0.1, -0.05) is 25.0 Å². The molecule has 2 aliphatic rings. The highest BCUT2D eigenvalue weighted by Gasteiger charge is 2.39. The lowest BCUT2D eigenvalue weighted by atomic mass is 10.0. The van der Waals surface area contributed by atoms with Gasteiger partial charge in [0.15, 0.2) is 0 Å². The molecule has 0 atom stereocenters. The molecule has 0 bridgehead atoms. The number of rotatable bonds is 6. The van der Waals surface area contributed by atoms with E-state index in [1.165, 1.54) is 16.4 Å². The van der Waals surface area contributed by atoms with Crippen molar-refractivity contribution in [3.05, 3.63) is 24.3 Å². The van der Waals surface area contributed by atoms with E-state index in [1.54, 1.807) is 12.1 Å². The van der Waals surface area contributed by atoms with E-state index < -0.39 is 25.6 Å². The molecule has 0 radical (unpaired) electrons. The summed E-state index contributed by atoms with van der Waals surface area (Å²) >= 11 is 0. The first-order chi connectivity index (χ1) is 11.8. The third-order valence-corrected chi connectivity index (χ3v) is 8.85. The molecule has 140 valence electrons. The highest BCUT2D eigenvalue weighted by atomic mass is 32.2. The number of nitrogens with one attached hydrogen (secondary N) is 1. The molecule has 1 aromatic carbocycles. The topological polar surface area (TPSA) is 110 Å². The SMILES string of the molecule is NCC1(NS(=O)(=O)c2ccccc2S(=O)(=O)N2CCCC2)CCCC1. The van der Waals surface area contributed by atoms with Crippen molar-refractivity contribution in [1.29, 1.82) is 0 Å². The van der Waals surface area contributed by atoms with Crippen LogP contribution >= 0.6 is 0 Å². The van der Waals surface area contributed by atoms with Gasteiger partial charge in [0, 0.05) is 25.2 Å². The Morgan fingerprint density at radius 2 is 1.52 bits per heavy atom. The molecule has 1 saturated carbocycles. The van der Waals surface area contributed by atoms with E-state index in [2.05, 4.69) is 4.72 Å². The molecule has 1 aliphatic heterocycles. The first kappa shape index (κ1) is 18.8. The number of sulfonamides is 2. The third-order valence-electron chi connectivity index (χ3n) is 5.12. The van der Waals surface area contributed by atoms with Crippen molar-refractivity contribution < 1.29 is 16.8 Å². The molecule has 1 saturated heterocycles. The largest absolute Gasteiger partial charge is 0.329 e. The maximum Gasteiger partial charge on any atom is 0.244 e. The Hall–Kier alpha value is -1.00. The molecule has 25 heavy (non-hydrogen) atoms. The Bertz CT molecular complexity index is 825. The number of benzene rings is 1. The monoisotopic (exact) mass is 387 g/mol. The fourth-order valence-electron chi connectivity index (χ4n) is 3.69. The van der Waals surface area contributed by atoms with E-state index in [9.17, 15) is 16.8 Å². The minimum Gasteiger partial charge on any atom is -0.329 e. The second-order valence-corrected chi connectivity index (χ2v) is 10.4. The van der Waals surface area contributed by atoms with Crippen LogP contribution in [0, 0.1) is 0 Å². The maximum atomic E-state index is 13.0. The highest BCUT2D eigenvalue weighted by molar-refractivity contribution is 7.92. The third kappa shape index (κ3) is 3.61. The quantitative estimate of drug-likeness (QED) is 0.757. The van der Waals surface area contributed by atoms with Crippen LogP contribution in [0.3, 0.4) is 0 Å². The van der Waals surface area contributed by atoms with Gasteiger partial charge in [0.25, 0.3) is 0 Å². The Morgan fingerprint density at radius 3 is 2.08 bits per heavy atom. The Balaban J connectivity index is 2.00. The van der Waals surface area contributed by atoms with Crippen molar-refractivity contribution in [2.24, 2.45) is 5.73 Å². The van der Waals surface area contributed by atoms with E-state index >= 15 is 0 Å². The molecule has 3 rings (SSSR count). The molecule has 0 unspecified atom stereocenters. The zero-order valence-electron chi connectivity index (χ0n) is 14.1. The first-order valence-electron chi connectivity index (χ1n) is 8.64. The lowest BCUT2D eigenvalue weighted by molar-refractivity contribution is 0.398. The summed E-state index contributed by atoms with van der Waals surface area (Å²) in [6.07, 6.45) is 4.75. The zero-order valence-corrected chi connectivity index (χ0v) is 15.8. The molecule has 0 amide bonds. The second-order valence-electron chi connectivity index (χ2n) is 6.85. The van der Waals surface area contributed by atoms with Crippen LogP contribution in [0.1, 0.15) is 38.5 Å². The minimum absolute atomic E-state index is 0.158. The smallest absolute Gasteiger partial charge is 0.244 e. The Morgan fingerprint density at radius 1 is 0.960 bits per heavy atom. The average Bonchev–Trinajstić information content (AvgIpc) is 3.27. The number of hydrogen-bond acceptors (Lipinski definition) is 5. The summed E-state index contributed by atoms with van der Waals surface area (Å²) in [5, 5.41) is 0. The Labute approximate surface area is 149 Å². The first-order valence-corrected chi connectivity index (χ1v) is 11.6. The summed E-state index contributed by atoms with van der Waals surface area (Å²) in [5.41, 5.74) is 5.15. The van der Waals surface area contributed by atoms with E-state index in [0.717, 1.165) is 25.7 Å². The lowest BCUT2D eigenvalue weighted by Gasteiger charge is -2.29. The fraction of sp³-hybridized carbons (Fsp3) is 0.625. The molecule has 7 nitrogen and oxygen atoms in total. The van der Waals surface area contributed by atoms with E-state index in [4.69, 9.17) is 5.73 Å². The minimum atomic E-state index is -3.99. The molecular weight excluding hydrogens is 362 g/mol. The molecule has 1 heterocycles. The van der Waals surface area contributed by atoms with Crippen molar-refractivity contribution in [3.63, 3.8) is 0 Å². The van der Waals surface area contributed by atoms with E-state index in [1.807, 2.05) is 0 Å². The summed E-state index contributed by atoms with van der Waals surface area (Å²) in [7, 11) is -7.82. The predicted molar refractivity (Wildman–Crippen MR) is 95.0 cm³/mol. The molecule has 0 spiro atoms. The summed E-state index contributed by atoms with van der Waals surface area (Å²) in [5.74, 6) is 0.